The van der Waals surface area contributed by atoms with Gasteiger partial charge in [-0.25, -0.2) is 5.43 Å². The van der Waals surface area contributed by atoms with Crippen LogP contribution in [-0.2, 0) is 4.79 Å². The van der Waals surface area contributed by atoms with Crippen molar-refractivity contribution in [2.24, 2.45) is 5.10 Å². The van der Waals surface area contributed by atoms with Crippen molar-refractivity contribution in [2.75, 3.05) is 0 Å². The largest absolute Gasteiger partial charge is 0.480 e. The number of rotatable bonds is 6. The summed E-state index contributed by atoms with van der Waals surface area (Å²) in [4.78, 5) is 12.3. The van der Waals surface area contributed by atoms with E-state index in [0.29, 0.717) is 5.75 Å². The molecule has 3 rings (SSSR count). The van der Waals surface area contributed by atoms with Crippen LogP contribution < -0.4 is 10.2 Å². The Morgan fingerprint density at radius 1 is 1.00 bits per heavy atom. The molecule has 0 saturated carbocycles. The van der Waals surface area contributed by atoms with Gasteiger partial charge >= 0.3 is 0 Å². The van der Waals surface area contributed by atoms with E-state index in [1.165, 1.54) is 0 Å². The molecule has 0 fully saturated rings. The quantitative estimate of drug-likeness (QED) is 0.508. The zero-order valence-corrected chi connectivity index (χ0v) is 15.4. The molecule has 4 heteroatoms. The molecule has 0 aromatic heterocycles. The number of carbonyl (C=O) groups excluding carboxylic acids is 1. The molecule has 0 aliphatic carbocycles. The second kappa shape index (κ2) is 8.81. The van der Waals surface area contributed by atoms with Crippen molar-refractivity contribution in [2.45, 2.75) is 20.0 Å². The molecule has 1 atom stereocenters. The highest BCUT2D eigenvalue weighted by molar-refractivity contribution is 5.89. The molecule has 0 radical (unpaired) electrons. The van der Waals surface area contributed by atoms with Crippen LogP contribution >= 0.6 is 0 Å². The molecule has 1 amide bonds. The van der Waals surface area contributed by atoms with Crippen LogP contribution in [0.3, 0.4) is 0 Å². The number of hydrazone groups is 1. The highest BCUT2D eigenvalue weighted by atomic mass is 16.5. The summed E-state index contributed by atoms with van der Waals surface area (Å²) < 4.78 is 5.84. The number of benzene rings is 3. The van der Waals surface area contributed by atoms with Crippen LogP contribution in [0.5, 0.6) is 5.75 Å². The van der Waals surface area contributed by atoms with Crippen molar-refractivity contribution >= 4 is 29.0 Å². The summed E-state index contributed by atoms with van der Waals surface area (Å²) in [5, 5.41) is 6.07. The standard InChI is InChI=1S/C23H22N2O2/c1-17(15-19-9-4-3-5-10-19)16-24-25-23(26)18(2)27-22-14-8-12-20-11-6-7-13-21(20)22/h3-16,18H,1-2H3,(H,25,26)/b17-15-,24-16-/t18-/m1/s1. The molecule has 0 bridgehead atoms. The number of nitrogens with zero attached hydrogens (tertiary/aromatic N) is 1. The number of allylic oxidation sites excluding steroid dienone is 1. The van der Waals surface area contributed by atoms with E-state index < -0.39 is 6.10 Å². The first-order valence-corrected chi connectivity index (χ1v) is 8.84. The van der Waals surface area contributed by atoms with Crippen LogP contribution in [0.25, 0.3) is 16.8 Å². The average molecular weight is 358 g/mol. The van der Waals surface area contributed by atoms with Gasteiger partial charge in [-0.15, -0.1) is 0 Å². The van der Waals surface area contributed by atoms with Crippen molar-refractivity contribution in [1.29, 1.82) is 0 Å². The lowest BCUT2D eigenvalue weighted by Gasteiger charge is -2.14. The summed E-state index contributed by atoms with van der Waals surface area (Å²) in [6, 6.07) is 23.6. The Morgan fingerprint density at radius 3 is 2.52 bits per heavy atom. The van der Waals surface area contributed by atoms with E-state index in [2.05, 4.69) is 10.5 Å². The van der Waals surface area contributed by atoms with Crippen molar-refractivity contribution in [3.05, 3.63) is 83.9 Å². The highest BCUT2D eigenvalue weighted by Gasteiger charge is 2.15. The van der Waals surface area contributed by atoms with Gasteiger partial charge in [-0.1, -0.05) is 72.8 Å². The van der Waals surface area contributed by atoms with Crippen molar-refractivity contribution in [3.63, 3.8) is 0 Å². The molecule has 3 aromatic rings. The molecule has 1 N–H and O–H groups in total. The minimum atomic E-state index is -0.661. The van der Waals surface area contributed by atoms with Crippen LogP contribution in [-0.4, -0.2) is 18.2 Å². The number of nitrogens with one attached hydrogen (secondary N) is 1. The van der Waals surface area contributed by atoms with E-state index in [1.54, 1.807) is 13.1 Å². The smallest absolute Gasteiger partial charge is 0.280 e. The molecule has 4 nitrogen and oxygen atoms in total. The van der Waals surface area contributed by atoms with Gasteiger partial charge in [-0.2, -0.15) is 5.10 Å². The van der Waals surface area contributed by atoms with E-state index in [-0.39, 0.29) is 5.91 Å². The summed E-state index contributed by atoms with van der Waals surface area (Å²) in [5.41, 5.74) is 4.55. The van der Waals surface area contributed by atoms with Gasteiger partial charge in [0.1, 0.15) is 5.75 Å². The van der Waals surface area contributed by atoms with Crippen LogP contribution in [0.4, 0.5) is 0 Å². The SMILES string of the molecule is CC(/C=N\NC(=O)[C@@H](C)Oc1cccc2ccccc12)=C/c1ccccc1. The summed E-state index contributed by atoms with van der Waals surface area (Å²) in [7, 11) is 0. The van der Waals surface area contributed by atoms with E-state index in [0.717, 1.165) is 21.9 Å². The maximum Gasteiger partial charge on any atom is 0.280 e. The van der Waals surface area contributed by atoms with Gasteiger partial charge in [-0.05, 0) is 36.4 Å². The Kier molecular flexibility index (Phi) is 6.00. The minimum absolute atomic E-state index is 0.299. The van der Waals surface area contributed by atoms with Gasteiger partial charge in [0.15, 0.2) is 6.10 Å². The first kappa shape index (κ1) is 18.4. The minimum Gasteiger partial charge on any atom is -0.480 e. The maximum atomic E-state index is 12.3. The van der Waals surface area contributed by atoms with Crippen LogP contribution in [0.1, 0.15) is 19.4 Å². The molecular weight excluding hydrogens is 336 g/mol. The fourth-order valence-electron chi connectivity index (χ4n) is 2.68. The molecule has 0 aliphatic heterocycles. The Morgan fingerprint density at radius 2 is 1.70 bits per heavy atom. The number of hydrogen-bond acceptors (Lipinski definition) is 3. The number of hydrogen-bond donors (Lipinski definition) is 1. The Hall–Kier alpha value is -3.40. The highest BCUT2D eigenvalue weighted by Crippen LogP contribution is 2.26. The number of fused-ring (bicyclic) bond motifs is 1. The van der Waals surface area contributed by atoms with Gasteiger partial charge < -0.3 is 4.74 Å². The summed E-state index contributed by atoms with van der Waals surface area (Å²) in [6.45, 7) is 3.64. The number of ether oxygens (including phenoxy) is 1. The molecule has 0 saturated heterocycles. The predicted octanol–water partition coefficient (Wildman–Crippen LogP) is 4.81. The summed E-state index contributed by atoms with van der Waals surface area (Å²) in [5.74, 6) is 0.381. The van der Waals surface area contributed by atoms with Crippen LogP contribution in [0.2, 0.25) is 0 Å². The summed E-state index contributed by atoms with van der Waals surface area (Å²) >= 11 is 0. The second-order valence-electron chi connectivity index (χ2n) is 6.27. The third-order valence-electron chi connectivity index (χ3n) is 4.06. The molecule has 0 aliphatic rings. The predicted molar refractivity (Wildman–Crippen MR) is 111 cm³/mol. The fraction of sp³-hybridized carbons (Fsp3) is 0.130. The lowest BCUT2D eigenvalue weighted by molar-refractivity contribution is -0.127. The molecule has 27 heavy (non-hydrogen) atoms. The zero-order valence-electron chi connectivity index (χ0n) is 15.4. The van der Waals surface area contributed by atoms with Gasteiger partial charge in [0.05, 0.1) is 6.21 Å². The van der Waals surface area contributed by atoms with Crippen LogP contribution in [0.15, 0.2) is 83.5 Å². The Labute approximate surface area is 159 Å². The molecule has 136 valence electrons. The first-order chi connectivity index (χ1) is 13.1. The van der Waals surface area contributed by atoms with E-state index in [4.69, 9.17) is 4.74 Å². The average Bonchev–Trinajstić information content (AvgIpc) is 2.69. The molecule has 0 heterocycles. The monoisotopic (exact) mass is 358 g/mol. The van der Waals surface area contributed by atoms with E-state index in [1.807, 2.05) is 85.8 Å². The normalized spacial score (nSPS) is 12.9. The fourth-order valence-corrected chi connectivity index (χ4v) is 2.68. The molecule has 3 aromatic carbocycles. The Balaban J connectivity index is 1.60. The maximum absolute atomic E-state index is 12.3. The van der Waals surface area contributed by atoms with Gasteiger partial charge in [0.2, 0.25) is 0 Å². The zero-order chi connectivity index (χ0) is 19.1. The van der Waals surface area contributed by atoms with E-state index in [9.17, 15) is 4.79 Å². The van der Waals surface area contributed by atoms with Crippen LogP contribution in [0, 0.1) is 0 Å². The van der Waals surface area contributed by atoms with Crippen molar-refractivity contribution in [3.8, 4) is 5.75 Å². The number of carbonyl (C=O) groups is 1. The molecular formula is C23H22N2O2. The van der Waals surface area contributed by atoms with Crippen molar-refractivity contribution in [1.82, 2.24) is 5.43 Å². The Bertz CT molecular complexity index is 973. The third-order valence-corrected chi connectivity index (χ3v) is 4.06. The van der Waals surface area contributed by atoms with Gasteiger partial charge in [0.25, 0.3) is 5.91 Å². The lowest BCUT2D eigenvalue weighted by Crippen LogP contribution is -2.33. The summed E-state index contributed by atoms with van der Waals surface area (Å²) in [6.07, 6.45) is 2.95. The third kappa shape index (κ3) is 5.05. The van der Waals surface area contributed by atoms with Gasteiger partial charge in [0, 0.05) is 5.39 Å². The first-order valence-electron chi connectivity index (χ1n) is 8.84. The van der Waals surface area contributed by atoms with Crippen molar-refractivity contribution < 1.29 is 9.53 Å². The molecule has 0 spiro atoms. The number of amides is 1. The van der Waals surface area contributed by atoms with Gasteiger partial charge in [-0.3, -0.25) is 4.79 Å². The van der Waals surface area contributed by atoms with E-state index >= 15 is 0 Å². The lowest BCUT2D eigenvalue weighted by atomic mass is 10.1. The molecule has 0 unspecified atom stereocenters. The second-order valence-corrected chi connectivity index (χ2v) is 6.27. The topological polar surface area (TPSA) is 50.7 Å².